The van der Waals surface area contributed by atoms with Gasteiger partial charge in [0.25, 0.3) is 5.91 Å². The summed E-state index contributed by atoms with van der Waals surface area (Å²) in [6.07, 6.45) is 2.98. The highest BCUT2D eigenvalue weighted by molar-refractivity contribution is 6.19. The quantitative estimate of drug-likeness (QED) is 0.532. The molecule has 0 fully saturated rings. The Kier molecular flexibility index (Phi) is 6.00. The van der Waals surface area contributed by atoms with E-state index in [-0.39, 0.29) is 17.1 Å². The van der Waals surface area contributed by atoms with Crippen molar-refractivity contribution in [3.05, 3.63) is 107 Å². The number of hydrogen-bond acceptors (Lipinski definition) is 5. The van der Waals surface area contributed by atoms with Crippen molar-refractivity contribution in [2.75, 3.05) is 12.0 Å². The van der Waals surface area contributed by atoms with Gasteiger partial charge in [-0.2, -0.15) is 0 Å². The number of anilines is 1. The van der Waals surface area contributed by atoms with E-state index >= 15 is 0 Å². The first-order valence-corrected chi connectivity index (χ1v) is 10.4. The molecule has 1 unspecified atom stereocenters. The number of aliphatic hydroxyl groups excluding tert-OH is 1. The summed E-state index contributed by atoms with van der Waals surface area (Å²) in [5.41, 5.74) is 2.75. The molecule has 3 aromatic carbocycles. The lowest BCUT2D eigenvalue weighted by Gasteiger charge is -2.27. The number of carbonyl (C=O) groups is 2. The second kappa shape index (κ2) is 9.04. The Morgan fingerprint density at radius 3 is 2.45 bits per heavy atom. The van der Waals surface area contributed by atoms with E-state index in [1.165, 1.54) is 24.2 Å². The van der Waals surface area contributed by atoms with Gasteiger partial charge in [0, 0.05) is 5.69 Å². The van der Waals surface area contributed by atoms with E-state index in [1.54, 1.807) is 30.3 Å². The van der Waals surface area contributed by atoms with Gasteiger partial charge >= 0.3 is 0 Å². The number of amides is 1. The van der Waals surface area contributed by atoms with E-state index in [1.807, 2.05) is 49.4 Å². The average molecular weight is 441 g/mol. The Morgan fingerprint density at radius 2 is 1.76 bits per heavy atom. The Balaban J connectivity index is 1.83. The molecule has 2 N–H and O–H groups in total. The second-order valence-corrected chi connectivity index (χ2v) is 7.72. The molecule has 6 heteroatoms. The molecule has 1 amide bonds. The van der Waals surface area contributed by atoms with Crippen LogP contribution in [-0.2, 0) is 9.59 Å². The fourth-order valence-electron chi connectivity index (χ4n) is 3.91. The van der Waals surface area contributed by atoms with Gasteiger partial charge in [-0.25, -0.2) is 0 Å². The van der Waals surface area contributed by atoms with Gasteiger partial charge in [0.2, 0.25) is 0 Å². The van der Waals surface area contributed by atoms with Crippen LogP contribution < -0.4 is 9.64 Å². The molecular weight excluding hydrogens is 418 g/mol. The van der Waals surface area contributed by atoms with Gasteiger partial charge in [-0.05, 0) is 54.0 Å². The zero-order chi connectivity index (χ0) is 23.5. The maximum atomic E-state index is 13.3. The highest BCUT2D eigenvalue weighted by Crippen LogP contribution is 2.43. The van der Waals surface area contributed by atoms with Crippen molar-refractivity contribution >= 4 is 23.5 Å². The molecule has 1 heterocycles. The minimum absolute atomic E-state index is 0.0403. The number of phenolic OH excluding ortho intramolecular Hbond substituents is 1. The van der Waals surface area contributed by atoms with Gasteiger partial charge in [-0.3, -0.25) is 14.5 Å². The first-order chi connectivity index (χ1) is 15.9. The van der Waals surface area contributed by atoms with Crippen molar-refractivity contribution in [1.29, 1.82) is 0 Å². The molecule has 3 aromatic rings. The number of rotatable bonds is 6. The maximum Gasteiger partial charge on any atom is 0.294 e. The zero-order valence-electron chi connectivity index (χ0n) is 18.2. The predicted octanol–water partition coefficient (Wildman–Crippen LogP) is 4.89. The van der Waals surface area contributed by atoms with Gasteiger partial charge in [-0.15, -0.1) is 0 Å². The number of allylic oxidation sites excluding steroid dienone is 1. The SMILES string of the molecule is COc1cc(C2C(C(=O)C=Cc3ccccc3)=C(O)C(=O)N2c2cccc(C)c2)ccc1O. The summed E-state index contributed by atoms with van der Waals surface area (Å²) in [7, 11) is 1.42. The highest BCUT2D eigenvalue weighted by Gasteiger charge is 2.44. The molecule has 0 saturated carbocycles. The number of carbonyl (C=O) groups excluding carboxylic acids is 2. The molecule has 1 atom stereocenters. The molecule has 6 nitrogen and oxygen atoms in total. The number of phenols is 1. The normalized spacial score (nSPS) is 16.0. The van der Waals surface area contributed by atoms with Crippen LogP contribution in [0.2, 0.25) is 0 Å². The summed E-state index contributed by atoms with van der Waals surface area (Å²) in [5.74, 6) is -1.64. The summed E-state index contributed by atoms with van der Waals surface area (Å²) in [6.45, 7) is 1.89. The number of aryl methyl sites for hydroxylation is 1. The van der Waals surface area contributed by atoms with Crippen molar-refractivity contribution in [1.82, 2.24) is 0 Å². The van der Waals surface area contributed by atoms with Crippen LogP contribution in [0.4, 0.5) is 5.69 Å². The maximum absolute atomic E-state index is 13.3. The van der Waals surface area contributed by atoms with Crippen molar-refractivity contribution in [2.24, 2.45) is 0 Å². The molecule has 0 saturated heterocycles. The fraction of sp³-hybridized carbons (Fsp3) is 0.111. The lowest BCUT2D eigenvalue weighted by molar-refractivity contribution is -0.117. The molecule has 33 heavy (non-hydrogen) atoms. The molecule has 0 bridgehead atoms. The largest absolute Gasteiger partial charge is 0.504 e. The first-order valence-electron chi connectivity index (χ1n) is 10.4. The minimum atomic E-state index is -0.901. The lowest BCUT2D eigenvalue weighted by Crippen LogP contribution is -2.31. The fourth-order valence-corrected chi connectivity index (χ4v) is 3.91. The van der Waals surface area contributed by atoms with Gasteiger partial charge in [-0.1, -0.05) is 54.6 Å². The number of nitrogens with zero attached hydrogens (tertiary/aromatic N) is 1. The smallest absolute Gasteiger partial charge is 0.294 e. The topological polar surface area (TPSA) is 87.1 Å². The van der Waals surface area contributed by atoms with Crippen LogP contribution in [0, 0.1) is 6.92 Å². The number of hydrogen-bond donors (Lipinski definition) is 2. The summed E-state index contributed by atoms with van der Waals surface area (Å²) in [5, 5.41) is 20.8. The Hall–Kier alpha value is -4.32. The Bertz CT molecular complexity index is 1280. The van der Waals surface area contributed by atoms with E-state index in [4.69, 9.17) is 4.74 Å². The number of methoxy groups -OCH3 is 1. The third kappa shape index (κ3) is 4.23. The van der Waals surface area contributed by atoms with Gasteiger partial charge in [0.1, 0.15) is 0 Å². The summed E-state index contributed by atoms with van der Waals surface area (Å²) in [4.78, 5) is 27.8. The van der Waals surface area contributed by atoms with E-state index in [9.17, 15) is 19.8 Å². The molecule has 166 valence electrons. The summed E-state index contributed by atoms with van der Waals surface area (Å²) < 4.78 is 5.23. The van der Waals surface area contributed by atoms with Crippen LogP contribution in [0.1, 0.15) is 22.7 Å². The van der Waals surface area contributed by atoms with E-state index in [0.29, 0.717) is 11.3 Å². The summed E-state index contributed by atoms with van der Waals surface area (Å²) >= 11 is 0. The number of ether oxygens (including phenoxy) is 1. The summed E-state index contributed by atoms with van der Waals surface area (Å²) in [6, 6.07) is 20.2. The van der Waals surface area contributed by atoms with E-state index in [2.05, 4.69) is 0 Å². The second-order valence-electron chi connectivity index (χ2n) is 7.72. The van der Waals surface area contributed by atoms with Crippen molar-refractivity contribution in [3.8, 4) is 11.5 Å². The molecule has 0 aromatic heterocycles. The molecular formula is C27H23NO5. The van der Waals surface area contributed by atoms with Crippen molar-refractivity contribution < 1.29 is 24.5 Å². The van der Waals surface area contributed by atoms with Crippen molar-refractivity contribution in [2.45, 2.75) is 13.0 Å². The third-order valence-corrected chi connectivity index (χ3v) is 5.50. The number of aliphatic hydroxyl groups is 1. The van der Waals surface area contributed by atoms with E-state index < -0.39 is 23.5 Å². The highest BCUT2D eigenvalue weighted by atomic mass is 16.5. The predicted molar refractivity (Wildman–Crippen MR) is 126 cm³/mol. The van der Waals surface area contributed by atoms with Gasteiger partial charge < -0.3 is 14.9 Å². The van der Waals surface area contributed by atoms with Gasteiger partial charge in [0.15, 0.2) is 23.0 Å². The zero-order valence-corrected chi connectivity index (χ0v) is 18.2. The monoisotopic (exact) mass is 441 g/mol. The van der Waals surface area contributed by atoms with Gasteiger partial charge in [0.05, 0.1) is 18.7 Å². The van der Waals surface area contributed by atoms with E-state index in [0.717, 1.165) is 11.1 Å². The minimum Gasteiger partial charge on any atom is -0.504 e. The molecule has 1 aliphatic rings. The number of ketones is 1. The van der Waals surface area contributed by atoms with Crippen LogP contribution in [-0.4, -0.2) is 29.0 Å². The van der Waals surface area contributed by atoms with Crippen LogP contribution in [0.15, 0.2) is 90.2 Å². The lowest BCUT2D eigenvalue weighted by atomic mass is 9.94. The molecule has 0 radical (unpaired) electrons. The van der Waals surface area contributed by atoms with Crippen molar-refractivity contribution in [3.63, 3.8) is 0 Å². The molecule has 1 aliphatic heterocycles. The Labute approximate surface area is 191 Å². The number of benzene rings is 3. The van der Waals surface area contributed by atoms with Crippen LogP contribution in [0.25, 0.3) is 6.08 Å². The standard InChI is InChI=1S/C27H23NO5/c1-17-7-6-10-20(15-17)28-25(19-12-14-21(29)23(16-19)33-2)24(26(31)27(28)32)22(30)13-11-18-8-4-3-5-9-18/h3-16,25,29,31H,1-2H3. The molecule has 4 rings (SSSR count). The molecule has 0 spiro atoms. The average Bonchev–Trinajstić information content (AvgIpc) is 3.09. The van der Waals surface area contributed by atoms with Crippen LogP contribution >= 0.6 is 0 Å². The number of aromatic hydroxyl groups is 1. The molecule has 0 aliphatic carbocycles. The van der Waals surface area contributed by atoms with Crippen LogP contribution in [0.5, 0.6) is 11.5 Å². The third-order valence-electron chi connectivity index (χ3n) is 5.50. The Morgan fingerprint density at radius 1 is 1.00 bits per heavy atom. The first kappa shape index (κ1) is 21.9. The van der Waals surface area contributed by atoms with Crippen LogP contribution in [0.3, 0.4) is 0 Å².